The molecule has 1 fully saturated rings. The highest BCUT2D eigenvalue weighted by Crippen LogP contribution is 2.28. The molecular weight excluding hydrogens is 418 g/mol. The first kappa shape index (κ1) is 19.2. The zero-order valence-electron chi connectivity index (χ0n) is 14.7. The van der Waals surface area contributed by atoms with Crippen LogP contribution in [0.15, 0.2) is 52.6 Å². The zero-order chi connectivity index (χ0) is 19.7. The monoisotopic (exact) mass is 434 g/mol. The molecule has 2 aromatic carbocycles. The molecule has 4 nitrogen and oxygen atoms in total. The fourth-order valence-corrected chi connectivity index (χ4v) is 3.43. The lowest BCUT2D eigenvalue weighted by Crippen LogP contribution is -2.56. The maximum absolute atomic E-state index is 14.2. The average Bonchev–Trinajstić information content (AvgIpc) is 2.67. The molecule has 3 rings (SSSR count). The molecule has 1 saturated heterocycles. The Kier molecular flexibility index (Phi) is 5.41. The van der Waals surface area contributed by atoms with Gasteiger partial charge in [-0.15, -0.1) is 0 Å². The van der Waals surface area contributed by atoms with Crippen LogP contribution in [0.3, 0.4) is 0 Å². The molecule has 1 aliphatic heterocycles. The van der Waals surface area contributed by atoms with Gasteiger partial charge in [0.2, 0.25) is 5.91 Å². The Morgan fingerprint density at radius 1 is 1.07 bits per heavy atom. The van der Waals surface area contributed by atoms with Gasteiger partial charge in [0.05, 0.1) is 0 Å². The first-order chi connectivity index (χ1) is 12.8. The van der Waals surface area contributed by atoms with Crippen molar-refractivity contribution in [1.29, 1.82) is 0 Å². The van der Waals surface area contributed by atoms with E-state index in [4.69, 9.17) is 0 Å². The van der Waals surface area contributed by atoms with Crippen molar-refractivity contribution in [2.75, 3.05) is 14.1 Å². The number of hydrogen-bond donors (Lipinski definition) is 0. The Bertz CT molecular complexity index is 931. The van der Waals surface area contributed by atoms with Crippen LogP contribution in [0.1, 0.15) is 11.1 Å². The van der Waals surface area contributed by atoms with Crippen LogP contribution < -0.4 is 0 Å². The molecule has 1 unspecified atom stereocenters. The Hall–Kier alpha value is -2.54. The van der Waals surface area contributed by atoms with Crippen LogP contribution >= 0.6 is 15.9 Å². The van der Waals surface area contributed by atoms with Crippen LogP contribution in [0.25, 0.3) is 6.08 Å². The smallest absolute Gasteiger partial charge is 0.271 e. The van der Waals surface area contributed by atoms with E-state index in [0.29, 0.717) is 6.42 Å². The molecule has 1 heterocycles. The Morgan fingerprint density at radius 3 is 2.41 bits per heavy atom. The fourth-order valence-electron chi connectivity index (χ4n) is 3.01. The van der Waals surface area contributed by atoms with Gasteiger partial charge in [0, 0.05) is 30.6 Å². The molecule has 2 amide bonds. The summed E-state index contributed by atoms with van der Waals surface area (Å²) in [4.78, 5) is 28.2. The molecule has 140 valence electrons. The summed E-state index contributed by atoms with van der Waals surface area (Å²) >= 11 is 3.15. The minimum Gasteiger partial charge on any atom is -0.328 e. The second-order valence-electron chi connectivity index (χ2n) is 6.31. The Labute approximate surface area is 164 Å². The van der Waals surface area contributed by atoms with E-state index in [-0.39, 0.29) is 21.6 Å². The number of halogens is 3. The number of nitrogens with zero attached hydrogens (tertiary/aromatic N) is 2. The number of piperazine rings is 1. The van der Waals surface area contributed by atoms with E-state index < -0.39 is 23.6 Å². The van der Waals surface area contributed by atoms with Gasteiger partial charge in [-0.05, 0) is 23.8 Å². The lowest BCUT2D eigenvalue weighted by atomic mass is 10.00. The molecular formula is C20H17BrF2N2O2. The van der Waals surface area contributed by atoms with Crippen LogP contribution in [0.5, 0.6) is 0 Å². The standard InChI is InChI=1S/C20H17BrF2N2O2/c1-24-16(10-12-6-4-3-5-7-12)19(26)25(2)17(20(24)27)11-13-14(21)8-9-15(22)18(13)23/h3-9,11,16H,10H2,1-2H3/b17-11-. The third-order valence-corrected chi connectivity index (χ3v) is 5.31. The molecule has 0 spiro atoms. The molecule has 1 aliphatic rings. The highest BCUT2D eigenvalue weighted by atomic mass is 79.9. The van der Waals surface area contributed by atoms with E-state index in [0.717, 1.165) is 11.6 Å². The number of carbonyl (C=O) groups excluding carboxylic acids is 2. The van der Waals surface area contributed by atoms with Crippen molar-refractivity contribution in [1.82, 2.24) is 9.80 Å². The average molecular weight is 435 g/mol. The van der Waals surface area contributed by atoms with Gasteiger partial charge in [0.25, 0.3) is 5.91 Å². The molecule has 0 bridgehead atoms. The van der Waals surface area contributed by atoms with Gasteiger partial charge in [0.15, 0.2) is 11.6 Å². The largest absolute Gasteiger partial charge is 0.328 e. The molecule has 2 aromatic rings. The van der Waals surface area contributed by atoms with Crippen molar-refractivity contribution in [2.24, 2.45) is 0 Å². The summed E-state index contributed by atoms with van der Waals surface area (Å²) in [5.41, 5.74) is 0.792. The summed E-state index contributed by atoms with van der Waals surface area (Å²) in [6.45, 7) is 0. The highest BCUT2D eigenvalue weighted by molar-refractivity contribution is 9.10. The van der Waals surface area contributed by atoms with E-state index in [2.05, 4.69) is 15.9 Å². The van der Waals surface area contributed by atoms with Crippen molar-refractivity contribution in [3.8, 4) is 0 Å². The SMILES string of the molecule is CN1C(=O)C(Cc2ccccc2)N(C)C(=O)/C1=C/c1c(Br)ccc(F)c1F. The minimum absolute atomic E-state index is 0.0167. The zero-order valence-corrected chi connectivity index (χ0v) is 16.3. The first-order valence-electron chi connectivity index (χ1n) is 8.25. The van der Waals surface area contributed by atoms with Crippen LogP contribution in [0.2, 0.25) is 0 Å². The van der Waals surface area contributed by atoms with E-state index in [1.807, 2.05) is 30.3 Å². The van der Waals surface area contributed by atoms with E-state index in [9.17, 15) is 18.4 Å². The maximum atomic E-state index is 14.2. The van der Waals surface area contributed by atoms with Gasteiger partial charge in [-0.25, -0.2) is 8.78 Å². The fraction of sp³-hybridized carbons (Fsp3) is 0.200. The van der Waals surface area contributed by atoms with Crippen LogP contribution in [-0.2, 0) is 16.0 Å². The van der Waals surface area contributed by atoms with Crippen molar-refractivity contribution < 1.29 is 18.4 Å². The highest BCUT2D eigenvalue weighted by Gasteiger charge is 2.39. The van der Waals surface area contributed by atoms with Gasteiger partial charge in [-0.3, -0.25) is 9.59 Å². The summed E-state index contributed by atoms with van der Waals surface area (Å²) < 4.78 is 28.0. The van der Waals surface area contributed by atoms with Crippen molar-refractivity contribution in [3.63, 3.8) is 0 Å². The maximum Gasteiger partial charge on any atom is 0.271 e. The van der Waals surface area contributed by atoms with Gasteiger partial charge >= 0.3 is 0 Å². The molecule has 0 radical (unpaired) electrons. The lowest BCUT2D eigenvalue weighted by Gasteiger charge is -2.38. The molecule has 0 saturated carbocycles. The van der Waals surface area contributed by atoms with Gasteiger partial charge in [-0.1, -0.05) is 46.3 Å². The Morgan fingerprint density at radius 2 is 1.74 bits per heavy atom. The normalized spacial score (nSPS) is 19.1. The van der Waals surface area contributed by atoms with Gasteiger partial charge in [0.1, 0.15) is 11.7 Å². The molecule has 0 aliphatic carbocycles. The number of likely N-dealkylation sites (N-methyl/N-ethyl adjacent to an activating group) is 2. The summed E-state index contributed by atoms with van der Waals surface area (Å²) in [7, 11) is 2.99. The van der Waals surface area contributed by atoms with E-state index in [1.165, 1.54) is 36.0 Å². The van der Waals surface area contributed by atoms with E-state index in [1.54, 1.807) is 0 Å². The van der Waals surface area contributed by atoms with Crippen molar-refractivity contribution >= 4 is 33.8 Å². The van der Waals surface area contributed by atoms with Crippen LogP contribution in [0, 0.1) is 11.6 Å². The first-order valence-corrected chi connectivity index (χ1v) is 9.04. The predicted octanol–water partition coefficient (Wildman–Crippen LogP) is 3.61. The Balaban J connectivity index is 1.96. The third-order valence-electron chi connectivity index (χ3n) is 4.62. The summed E-state index contributed by atoms with van der Waals surface area (Å²) in [6.07, 6.45) is 1.57. The number of amides is 2. The van der Waals surface area contributed by atoms with Crippen LogP contribution in [0.4, 0.5) is 8.78 Å². The third kappa shape index (κ3) is 3.64. The van der Waals surface area contributed by atoms with Crippen molar-refractivity contribution in [3.05, 3.63) is 75.4 Å². The topological polar surface area (TPSA) is 40.6 Å². The number of benzene rings is 2. The van der Waals surface area contributed by atoms with Crippen LogP contribution in [-0.4, -0.2) is 41.8 Å². The summed E-state index contributed by atoms with van der Waals surface area (Å²) in [5, 5.41) is 0. The lowest BCUT2D eigenvalue weighted by molar-refractivity contribution is -0.148. The van der Waals surface area contributed by atoms with E-state index >= 15 is 0 Å². The molecule has 0 aromatic heterocycles. The molecule has 1 atom stereocenters. The predicted molar refractivity (Wildman–Crippen MR) is 102 cm³/mol. The summed E-state index contributed by atoms with van der Waals surface area (Å²) in [6, 6.07) is 11.0. The second kappa shape index (κ2) is 7.60. The second-order valence-corrected chi connectivity index (χ2v) is 7.16. The molecule has 0 N–H and O–H groups in total. The summed E-state index contributed by atoms with van der Waals surface area (Å²) in [5.74, 6) is -2.84. The van der Waals surface area contributed by atoms with Gasteiger partial charge < -0.3 is 9.80 Å². The molecule has 27 heavy (non-hydrogen) atoms. The minimum atomic E-state index is -1.08. The van der Waals surface area contributed by atoms with Gasteiger partial charge in [-0.2, -0.15) is 0 Å². The van der Waals surface area contributed by atoms with Crippen molar-refractivity contribution in [2.45, 2.75) is 12.5 Å². The number of rotatable bonds is 3. The number of hydrogen-bond acceptors (Lipinski definition) is 2. The number of carbonyl (C=O) groups is 2. The molecule has 7 heteroatoms. The quantitative estimate of drug-likeness (QED) is 0.546.